The molecule has 4 nitrogen and oxygen atoms in total. The fourth-order valence-corrected chi connectivity index (χ4v) is 2.58. The van der Waals surface area contributed by atoms with Crippen molar-refractivity contribution in [2.45, 2.75) is 12.0 Å². The van der Waals surface area contributed by atoms with Crippen molar-refractivity contribution < 1.29 is 23.0 Å². The zero-order chi connectivity index (χ0) is 15.5. The monoisotopic (exact) mass is 340 g/mol. The van der Waals surface area contributed by atoms with Gasteiger partial charge in [0.15, 0.2) is 0 Å². The standard InChI is InChI=1S/C14H19F3N2O2.ClH/c1-21-10-2-3-12(15)11(8-10)13(14(16,17)9-20)19-6-4-18-5-7-19;/h2-3,8,13,18,20H,4-7,9H2,1H3;1H/t13-;/m1./s1. The van der Waals surface area contributed by atoms with Crippen molar-refractivity contribution in [2.24, 2.45) is 0 Å². The van der Waals surface area contributed by atoms with Crippen molar-refractivity contribution in [3.8, 4) is 5.75 Å². The number of methoxy groups -OCH3 is 1. The molecule has 2 N–H and O–H groups in total. The van der Waals surface area contributed by atoms with Crippen molar-refractivity contribution in [3.63, 3.8) is 0 Å². The summed E-state index contributed by atoms with van der Waals surface area (Å²) in [5.74, 6) is -3.86. The van der Waals surface area contributed by atoms with E-state index in [1.807, 2.05) is 0 Å². The molecular weight excluding hydrogens is 321 g/mol. The summed E-state index contributed by atoms with van der Waals surface area (Å²) >= 11 is 0. The van der Waals surface area contributed by atoms with Crippen LogP contribution in [0.2, 0.25) is 0 Å². The number of benzene rings is 1. The van der Waals surface area contributed by atoms with Gasteiger partial charge >= 0.3 is 0 Å². The van der Waals surface area contributed by atoms with Crippen molar-refractivity contribution in [1.82, 2.24) is 10.2 Å². The van der Waals surface area contributed by atoms with Crippen LogP contribution in [0.4, 0.5) is 13.2 Å². The molecule has 1 aliphatic heterocycles. The van der Waals surface area contributed by atoms with Crippen LogP contribution in [-0.2, 0) is 0 Å². The van der Waals surface area contributed by atoms with Crippen molar-refractivity contribution in [2.75, 3.05) is 39.9 Å². The summed E-state index contributed by atoms with van der Waals surface area (Å²) in [5, 5.41) is 12.1. The highest BCUT2D eigenvalue weighted by atomic mass is 35.5. The molecular formula is C14H20ClF3N2O2. The van der Waals surface area contributed by atoms with Crippen LogP contribution in [0.3, 0.4) is 0 Å². The van der Waals surface area contributed by atoms with E-state index in [1.54, 1.807) is 0 Å². The Bertz CT molecular complexity index is 485. The Balaban J connectivity index is 0.00000242. The van der Waals surface area contributed by atoms with Gasteiger partial charge in [0.1, 0.15) is 24.2 Å². The van der Waals surface area contributed by atoms with E-state index < -0.39 is 24.4 Å². The van der Waals surface area contributed by atoms with Crippen LogP contribution in [0.5, 0.6) is 5.75 Å². The molecule has 1 aromatic carbocycles. The van der Waals surface area contributed by atoms with E-state index in [-0.39, 0.29) is 18.0 Å². The molecule has 0 unspecified atom stereocenters. The van der Waals surface area contributed by atoms with E-state index in [1.165, 1.54) is 24.1 Å². The lowest BCUT2D eigenvalue weighted by Gasteiger charge is -2.38. The van der Waals surface area contributed by atoms with Gasteiger partial charge in [0, 0.05) is 31.7 Å². The summed E-state index contributed by atoms with van der Waals surface area (Å²) in [5.41, 5.74) is -0.157. The lowest BCUT2D eigenvalue weighted by atomic mass is 9.97. The molecule has 1 aromatic rings. The Hall–Kier alpha value is -1.02. The van der Waals surface area contributed by atoms with E-state index in [9.17, 15) is 13.2 Å². The fourth-order valence-electron chi connectivity index (χ4n) is 2.58. The van der Waals surface area contributed by atoms with Gasteiger partial charge in [0.05, 0.1) is 7.11 Å². The number of nitrogens with one attached hydrogen (secondary N) is 1. The zero-order valence-electron chi connectivity index (χ0n) is 12.2. The van der Waals surface area contributed by atoms with E-state index in [2.05, 4.69) is 5.32 Å². The van der Waals surface area contributed by atoms with Crippen molar-refractivity contribution >= 4 is 12.4 Å². The maximum absolute atomic E-state index is 14.2. The quantitative estimate of drug-likeness (QED) is 0.858. The molecule has 0 saturated carbocycles. The molecule has 22 heavy (non-hydrogen) atoms. The second-order valence-corrected chi connectivity index (χ2v) is 5.00. The van der Waals surface area contributed by atoms with E-state index in [0.717, 1.165) is 6.07 Å². The van der Waals surface area contributed by atoms with Crippen molar-refractivity contribution in [1.29, 1.82) is 0 Å². The van der Waals surface area contributed by atoms with Crippen LogP contribution >= 0.6 is 12.4 Å². The number of aliphatic hydroxyl groups excluding tert-OH is 1. The summed E-state index contributed by atoms with van der Waals surface area (Å²) in [4.78, 5) is 1.49. The molecule has 1 saturated heterocycles. The number of aliphatic hydroxyl groups is 1. The predicted octanol–water partition coefficient (Wildman–Crippen LogP) is 1.83. The van der Waals surface area contributed by atoms with Crippen LogP contribution in [0.25, 0.3) is 0 Å². The van der Waals surface area contributed by atoms with E-state index in [4.69, 9.17) is 9.84 Å². The molecule has 0 bridgehead atoms. The van der Waals surface area contributed by atoms with Crippen molar-refractivity contribution in [3.05, 3.63) is 29.6 Å². The van der Waals surface area contributed by atoms with Crippen LogP contribution < -0.4 is 10.1 Å². The number of hydrogen-bond acceptors (Lipinski definition) is 4. The minimum Gasteiger partial charge on any atom is -0.497 e. The molecule has 1 aliphatic rings. The van der Waals surface area contributed by atoms with Gasteiger partial charge in [0.2, 0.25) is 0 Å². The van der Waals surface area contributed by atoms with Gasteiger partial charge in [-0.1, -0.05) is 0 Å². The third-order valence-electron chi connectivity index (χ3n) is 3.63. The predicted molar refractivity (Wildman–Crippen MR) is 79.4 cm³/mol. The number of rotatable bonds is 5. The second kappa shape index (κ2) is 8.01. The molecule has 1 fully saturated rings. The Morgan fingerprint density at radius 3 is 2.55 bits per heavy atom. The molecule has 0 spiro atoms. The summed E-state index contributed by atoms with van der Waals surface area (Å²) < 4.78 is 47.4. The summed E-state index contributed by atoms with van der Waals surface area (Å²) in [6.45, 7) is 0.471. The number of nitrogens with zero attached hydrogens (tertiary/aromatic N) is 1. The molecule has 8 heteroatoms. The SMILES string of the molecule is COc1ccc(F)c([C@@H](N2CCNCC2)C(F)(F)CO)c1.Cl. The molecule has 1 atom stereocenters. The number of alkyl halides is 2. The first-order valence-electron chi connectivity index (χ1n) is 6.76. The first-order valence-corrected chi connectivity index (χ1v) is 6.76. The van der Waals surface area contributed by atoms with Gasteiger partial charge in [-0.25, -0.2) is 13.2 Å². The smallest absolute Gasteiger partial charge is 0.290 e. The Morgan fingerprint density at radius 2 is 2.00 bits per heavy atom. The third kappa shape index (κ3) is 4.04. The molecule has 1 heterocycles. The lowest BCUT2D eigenvalue weighted by molar-refractivity contribution is -0.119. The highest BCUT2D eigenvalue weighted by Crippen LogP contribution is 2.38. The van der Waals surface area contributed by atoms with Gasteiger partial charge in [-0.2, -0.15) is 0 Å². The number of ether oxygens (including phenoxy) is 1. The molecule has 126 valence electrons. The maximum atomic E-state index is 14.2. The number of piperazine rings is 1. The Kier molecular flexibility index (Phi) is 6.93. The largest absolute Gasteiger partial charge is 0.497 e. The van der Waals surface area contributed by atoms with Gasteiger partial charge in [-0.15, -0.1) is 12.4 Å². The first kappa shape index (κ1) is 19.0. The first-order chi connectivity index (χ1) is 9.99. The molecule has 0 amide bonds. The van der Waals surface area contributed by atoms with Gasteiger partial charge in [0.25, 0.3) is 5.92 Å². The normalized spacial score (nSPS) is 17.7. The van der Waals surface area contributed by atoms with Gasteiger partial charge in [-0.3, -0.25) is 4.90 Å². The number of halogens is 4. The average molecular weight is 341 g/mol. The zero-order valence-corrected chi connectivity index (χ0v) is 13.0. The molecule has 0 aromatic heterocycles. The highest BCUT2D eigenvalue weighted by molar-refractivity contribution is 5.85. The lowest BCUT2D eigenvalue weighted by Crippen LogP contribution is -2.51. The van der Waals surface area contributed by atoms with E-state index in [0.29, 0.717) is 31.9 Å². The third-order valence-corrected chi connectivity index (χ3v) is 3.63. The Labute approximate surface area is 133 Å². The molecule has 0 radical (unpaired) electrons. The van der Waals surface area contributed by atoms with E-state index >= 15 is 0 Å². The average Bonchev–Trinajstić information content (AvgIpc) is 2.50. The van der Waals surface area contributed by atoms with Crippen LogP contribution in [0.15, 0.2) is 18.2 Å². The second-order valence-electron chi connectivity index (χ2n) is 5.00. The minimum atomic E-state index is -3.44. The summed E-state index contributed by atoms with van der Waals surface area (Å²) in [7, 11) is 1.39. The summed E-state index contributed by atoms with van der Waals surface area (Å²) in [6, 6.07) is 2.24. The minimum absolute atomic E-state index is 0. The van der Waals surface area contributed by atoms with Gasteiger partial charge in [-0.05, 0) is 18.2 Å². The molecule has 0 aliphatic carbocycles. The van der Waals surface area contributed by atoms with Gasteiger partial charge < -0.3 is 15.2 Å². The fraction of sp³-hybridized carbons (Fsp3) is 0.571. The van der Waals surface area contributed by atoms with Crippen LogP contribution in [0, 0.1) is 5.82 Å². The van der Waals surface area contributed by atoms with Crippen LogP contribution in [0.1, 0.15) is 11.6 Å². The van der Waals surface area contributed by atoms with Crippen LogP contribution in [-0.4, -0.2) is 55.8 Å². The number of hydrogen-bond donors (Lipinski definition) is 2. The topological polar surface area (TPSA) is 44.7 Å². The maximum Gasteiger partial charge on any atom is 0.290 e. The highest BCUT2D eigenvalue weighted by Gasteiger charge is 2.45. The Morgan fingerprint density at radius 1 is 1.36 bits per heavy atom. The summed E-state index contributed by atoms with van der Waals surface area (Å²) in [6.07, 6.45) is 0. The molecule has 2 rings (SSSR count).